The maximum atomic E-state index is 12.3. The van der Waals surface area contributed by atoms with Crippen LogP contribution in [0, 0.1) is 5.92 Å². The van der Waals surface area contributed by atoms with Crippen LogP contribution in [-0.4, -0.2) is 34.9 Å². The number of nitrogens with two attached hydrogens (primary N) is 1. The first-order valence-electron chi connectivity index (χ1n) is 6.59. The van der Waals surface area contributed by atoms with E-state index in [2.05, 4.69) is 11.9 Å². The van der Waals surface area contributed by atoms with Crippen molar-refractivity contribution in [2.75, 3.05) is 13.1 Å². The minimum Gasteiger partial charge on any atom is -0.338 e. The fraction of sp³-hybridized carbons (Fsp3) is 0.571. The Morgan fingerprint density at radius 2 is 2.37 bits per heavy atom. The van der Waals surface area contributed by atoms with E-state index in [9.17, 15) is 4.79 Å². The van der Waals surface area contributed by atoms with E-state index in [0.29, 0.717) is 18.9 Å². The normalized spacial score (nSPS) is 22.7. The van der Waals surface area contributed by atoms with Crippen molar-refractivity contribution in [3.63, 3.8) is 0 Å². The Hall–Kier alpha value is -1.13. The van der Waals surface area contributed by atoms with Crippen molar-refractivity contribution in [3.05, 3.63) is 30.1 Å². The molecule has 0 aromatic carbocycles. The van der Waals surface area contributed by atoms with Gasteiger partial charge in [-0.1, -0.05) is 13.0 Å². The first-order valence-corrected chi connectivity index (χ1v) is 6.59. The highest BCUT2D eigenvalue weighted by Crippen LogP contribution is 2.22. The van der Waals surface area contributed by atoms with Gasteiger partial charge in [-0.2, -0.15) is 0 Å². The highest BCUT2D eigenvalue weighted by Gasteiger charge is 2.28. The second kappa shape index (κ2) is 7.46. The van der Waals surface area contributed by atoms with Crippen molar-refractivity contribution < 1.29 is 4.79 Å². The average molecular weight is 284 g/mol. The molecule has 1 fully saturated rings. The van der Waals surface area contributed by atoms with E-state index >= 15 is 0 Å². The van der Waals surface area contributed by atoms with Gasteiger partial charge in [0, 0.05) is 31.5 Å². The summed E-state index contributed by atoms with van der Waals surface area (Å²) in [6.45, 7) is 3.62. The third-order valence-electron chi connectivity index (χ3n) is 3.65. The summed E-state index contributed by atoms with van der Waals surface area (Å²) in [7, 11) is 0. The molecule has 1 aromatic heterocycles. The number of carbonyl (C=O) groups excluding carboxylic acids is 1. The molecule has 2 unspecified atom stereocenters. The van der Waals surface area contributed by atoms with Gasteiger partial charge in [-0.25, -0.2) is 0 Å². The van der Waals surface area contributed by atoms with Gasteiger partial charge in [0.1, 0.15) is 0 Å². The van der Waals surface area contributed by atoms with E-state index in [1.54, 1.807) is 12.4 Å². The van der Waals surface area contributed by atoms with Crippen molar-refractivity contribution in [2.24, 2.45) is 11.7 Å². The summed E-state index contributed by atoms with van der Waals surface area (Å²) < 4.78 is 0. The van der Waals surface area contributed by atoms with Crippen LogP contribution in [0.5, 0.6) is 0 Å². The Morgan fingerprint density at radius 3 is 3.00 bits per heavy atom. The first-order chi connectivity index (χ1) is 8.70. The second-order valence-electron chi connectivity index (χ2n) is 5.14. The number of piperidine rings is 1. The zero-order chi connectivity index (χ0) is 13.0. The van der Waals surface area contributed by atoms with Crippen LogP contribution in [-0.2, 0) is 11.2 Å². The van der Waals surface area contributed by atoms with Crippen LogP contribution in [0.3, 0.4) is 0 Å². The summed E-state index contributed by atoms with van der Waals surface area (Å²) in [6, 6.07) is 4.01. The smallest absolute Gasteiger partial charge is 0.227 e. The van der Waals surface area contributed by atoms with Crippen molar-refractivity contribution in [1.29, 1.82) is 0 Å². The molecule has 106 valence electrons. The van der Waals surface area contributed by atoms with E-state index < -0.39 is 0 Å². The van der Waals surface area contributed by atoms with E-state index in [1.165, 1.54) is 0 Å². The predicted molar refractivity (Wildman–Crippen MR) is 78.1 cm³/mol. The zero-order valence-electron chi connectivity index (χ0n) is 11.3. The summed E-state index contributed by atoms with van der Waals surface area (Å²) in [4.78, 5) is 18.3. The van der Waals surface area contributed by atoms with Crippen LogP contribution in [0.15, 0.2) is 24.5 Å². The van der Waals surface area contributed by atoms with E-state index in [1.807, 2.05) is 17.0 Å². The summed E-state index contributed by atoms with van der Waals surface area (Å²) in [5, 5.41) is 0. The molecule has 0 saturated carbocycles. The molecule has 0 spiro atoms. The van der Waals surface area contributed by atoms with E-state index in [4.69, 9.17) is 5.73 Å². The SMILES string of the molecule is CC1CCN(C(=O)Cc2cccnc2)C(CN)C1.Cl. The highest BCUT2D eigenvalue weighted by atomic mass is 35.5. The van der Waals surface area contributed by atoms with Crippen LogP contribution in [0.1, 0.15) is 25.3 Å². The summed E-state index contributed by atoms with van der Waals surface area (Å²) in [6.07, 6.45) is 6.00. The molecule has 19 heavy (non-hydrogen) atoms. The zero-order valence-corrected chi connectivity index (χ0v) is 12.1. The summed E-state index contributed by atoms with van der Waals surface area (Å²) in [5.74, 6) is 0.839. The number of likely N-dealkylation sites (tertiary alicyclic amines) is 1. The number of halogens is 1. The molecule has 1 amide bonds. The Kier molecular flexibility index (Phi) is 6.25. The number of nitrogens with zero attached hydrogens (tertiary/aromatic N) is 2. The maximum Gasteiger partial charge on any atom is 0.227 e. The van der Waals surface area contributed by atoms with Crippen molar-refractivity contribution in [1.82, 2.24) is 9.88 Å². The molecule has 0 radical (unpaired) electrons. The molecular formula is C14H22ClN3O. The topological polar surface area (TPSA) is 59.2 Å². The Morgan fingerprint density at radius 1 is 1.58 bits per heavy atom. The lowest BCUT2D eigenvalue weighted by Crippen LogP contribution is -2.49. The number of aromatic nitrogens is 1. The fourth-order valence-corrected chi connectivity index (χ4v) is 2.58. The van der Waals surface area contributed by atoms with Crippen molar-refractivity contribution in [2.45, 2.75) is 32.2 Å². The highest BCUT2D eigenvalue weighted by molar-refractivity contribution is 5.85. The number of carbonyl (C=O) groups is 1. The van der Waals surface area contributed by atoms with Gasteiger partial charge >= 0.3 is 0 Å². The quantitative estimate of drug-likeness (QED) is 0.917. The van der Waals surface area contributed by atoms with E-state index in [-0.39, 0.29) is 24.4 Å². The average Bonchev–Trinajstić information content (AvgIpc) is 2.39. The van der Waals surface area contributed by atoms with Crippen molar-refractivity contribution in [3.8, 4) is 0 Å². The monoisotopic (exact) mass is 283 g/mol. The maximum absolute atomic E-state index is 12.3. The third-order valence-corrected chi connectivity index (χ3v) is 3.65. The van der Waals surface area contributed by atoms with Gasteiger partial charge in [-0.15, -0.1) is 12.4 Å². The number of hydrogen-bond donors (Lipinski definition) is 1. The molecule has 1 saturated heterocycles. The second-order valence-corrected chi connectivity index (χ2v) is 5.14. The van der Waals surface area contributed by atoms with Gasteiger partial charge in [0.2, 0.25) is 5.91 Å². The lowest BCUT2D eigenvalue weighted by Gasteiger charge is -2.38. The van der Waals surface area contributed by atoms with E-state index in [0.717, 1.165) is 24.9 Å². The molecule has 0 bridgehead atoms. The molecule has 0 aliphatic carbocycles. The van der Waals surface area contributed by atoms with Crippen LogP contribution in [0.4, 0.5) is 0 Å². The standard InChI is InChI=1S/C14H21N3O.ClH/c1-11-4-6-17(13(7-11)9-15)14(18)8-12-3-2-5-16-10-12;/h2-3,5,10-11,13H,4,6-9,15H2,1H3;1H. The number of amides is 1. The Bertz CT molecular complexity index is 399. The van der Waals surface area contributed by atoms with Crippen LogP contribution in [0.25, 0.3) is 0 Å². The van der Waals surface area contributed by atoms with Crippen LogP contribution in [0.2, 0.25) is 0 Å². The minimum absolute atomic E-state index is 0. The molecule has 2 rings (SSSR count). The Labute approximate surface area is 120 Å². The molecule has 4 nitrogen and oxygen atoms in total. The largest absolute Gasteiger partial charge is 0.338 e. The molecular weight excluding hydrogens is 262 g/mol. The fourth-order valence-electron chi connectivity index (χ4n) is 2.58. The molecule has 5 heteroatoms. The molecule has 2 N–H and O–H groups in total. The van der Waals surface area contributed by atoms with Gasteiger partial charge in [0.05, 0.1) is 6.42 Å². The molecule has 1 aliphatic rings. The number of hydrogen-bond acceptors (Lipinski definition) is 3. The lowest BCUT2D eigenvalue weighted by atomic mass is 9.92. The molecule has 1 aromatic rings. The van der Waals surface area contributed by atoms with Crippen LogP contribution < -0.4 is 5.73 Å². The number of rotatable bonds is 3. The lowest BCUT2D eigenvalue weighted by molar-refractivity contribution is -0.134. The summed E-state index contributed by atoms with van der Waals surface area (Å²) >= 11 is 0. The van der Waals surface area contributed by atoms with Gasteiger partial charge in [0.25, 0.3) is 0 Å². The predicted octanol–water partition coefficient (Wildman–Crippen LogP) is 1.63. The molecule has 2 atom stereocenters. The van der Waals surface area contributed by atoms with Gasteiger partial charge in [-0.05, 0) is 30.4 Å². The van der Waals surface area contributed by atoms with Gasteiger partial charge in [-0.3, -0.25) is 9.78 Å². The molecule has 1 aliphatic heterocycles. The third kappa shape index (κ3) is 4.18. The van der Waals surface area contributed by atoms with Gasteiger partial charge in [0.15, 0.2) is 0 Å². The summed E-state index contributed by atoms with van der Waals surface area (Å²) in [5.41, 5.74) is 6.75. The van der Waals surface area contributed by atoms with Gasteiger partial charge < -0.3 is 10.6 Å². The number of pyridine rings is 1. The first kappa shape index (κ1) is 15.9. The Balaban J connectivity index is 0.00000180. The van der Waals surface area contributed by atoms with Crippen molar-refractivity contribution >= 4 is 18.3 Å². The minimum atomic E-state index is 0. The molecule has 2 heterocycles. The van der Waals surface area contributed by atoms with Crippen LogP contribution >= 0.6 is 12.4 Å².